The standard InChI is InChI=1S/C14H24N2O3/c15-13(17)16(11-3-1-2-4-11)12-5-7-14(8-6-12)18-9-10-19-14/h11-12H,1-10H2,(H2,15,17). The molecule has 1 heterocycles. The molecule has 3 aliphatic rings. The van der Waals surface area contributed by atoms with Gasteiger partial charge in [0.25, 0.3) is 0 Å². The van der Waals surface area contributed by atoms with Gasteiger partial charge in [0, 0.05) is 24.9 Å². The summed E-state index contributed by atoms with van der Waals surface area (Å²) in [6.07, 6.45) is 8.31. The quantitative estimate of drug-likeness (QED) is 0.833. The van der Waals surface area contributed by atoms with Gasteiger partial charge < -0.3 is 20.1 Å². The summed E-state index contributed by atoms with van der Waals surface area (Å²) in [4.78, 5) is 13.7. The molecular weight excluding hydrogens is 244 g/mol. The first-order valence-electron chi connectivity index (χ1n) is 7.56. The van der Waals surface area contributed by atoms with Crippen molar-refractivity contribution in [3.8, 4) is 0 Å². The van der Waals surface area contributed by atoms with Gasteiger partial charge in [-0.05, 0) is 25.7 Å². The minimum atomic E-state index is -0.352. The number of hydrogen-bond donors (Lipinski definition) is 1. The highest BCUT2D eigenvalue weighted by Gasteiger charge is 2.43. The highest BCUT2D eigenvalue weighted by atomic mass is 16.7. The van der Waals surface area contributed by atoms with Gasteiger partial charge in [0.2, 0.25) is 0 Å². The zero-order chi connectivity index (χ0) is 13.3. The van der Waals surface area contributed by atoms with Crippen molar-refractivity contribution < 1.29 is 14.3 Å². The molecule has 0 aromatic rings. The summed E-state index contributed by atoms with van der Waals surface area (Å²) in [6, 6.07) is 0.391. The molecule has 0 atom stereocenters. The van der Waals surface area contributed by atoms with Gasteiger partial charge >= 0.3 is 6.03 Å². The number of nitrogens with two attached hydrogens (primary N) is 1. The van der Waals surface area contributed by atoms with E-state index in [1.807, 2.05) is 4.90 Å². The normalized spacial score (nSPS) is 28.0. The molecule has 1 spiro atoms. The zero-order valence-electron chi connectivity index (χ0n) is 11.5. The van der Waals surface area contributed by atoms with E-state index in [0.29, 0.717) is 19.3 Å². The van der Waals surface area contributed by atoms with Crippen LogP contribution in [0.25, 0.3) is 0 Å². The maximum Gasteiger partial charge on any atom is 0.315 e. The number of amides is 2. The molecule has 1 aliphatic heterocycles. The van der Waals surface area contributed by atoms with E-state index in [1.54, 1.807) is 0 Å². The molecule has 5 heteroatoms. The maximum absolute atomic E-state index is 11.8. The first kappa shape index (κ1) is 13.2. The SMILES string of the molecule is NC(=O)N(C1CCCC1)C1CCC2(CC1)OCCO2. The van der Waals surface area contributed by atoms with Crippen molar-refractivity contribution in [2.75, 3.05) is 13.2 Å². The first-order valence-corrected chi connectivity index (χ1v) is 7.56. The van der Waals surface area contributed by atoms with Crippen LogP contribution < -0.4 is 5.73 Å². The highest BCUT2D eigenvalue weighted by Crippen LogP contribution is 2.39. The molecule has 5 nitrogen and oxygen atoms in total. The number of ether oxygens (including phenoxy) is 2. The predicted molar refractivity (Wildman–Crippen MR) is 70.6 cm³/mol. The van der Waals surface area contributed by atoms with Crippen LogP contribution in [0.3, 0.4) is 0 Å². The Morgan fingerprint density at radius 2 is 1.53 bits per heavy atom. The van der Waals surface area contributed by atoms with Crippen LogP contribution in [0.15, 0.2) is 0 Å². The molecule has 0 radical (unpaired) electrons. The topological polar surface area (TPSA) is 64.8 Å². The van der Waals surface area contributed by atoms with Crippen molar-refractivity contribution in [2.45, 2.75) is 69.2 Å². The van der Waals surface area contributed by atoms with Crippen LogP contribution >= 0.6 is 0 Å². The molecule has 3 rings (SSSR count). The van der Waals surface area contributed by atoms with Gasteiger partial charge in [-0.3, -0.25) is 0 Å². The van der Waals surface area contributed by atoms with E-state index in [-0.39, 0.29) is 17.9 Å². The van der Waals surface area contributed by atoms with E-state index in [4.69, 9.17) is 15.2 Å². The van der Waals surface area contributed by atoms with Gasteiger partial charge in [-0.1, -0.05) is 12.8 Å². The first-order chi connectivity index (χ1) is 9.20. The summed E-state index contributed by atoms with van der Waals surface area (Å²) in [5.41, 5.74) is 5.62. The molecule has 0 aromatic heterocycles. The second-order valence-electron chi connectivity index (χ2n) is 6.02. The third-order valence-corrected chi connectivity index (χ3v) is 4.90. The Balaban J connectivity index is 1.63. The lowest BCUT2D eigenvalue weighted by Crippen LogP contribution is -2.52. The predicted octanol–water partition coefficient (Wildman–Crippen LogP) is 2.00. The third kappa shape index (κ3) is 2.58. The van der Waals surface area contributed by atoms with Crippen LogP contribution in [0.1, 0.15) is 51.4 Å². The average Bonchev–Trinajstić information content (AvgIpc) is 3.04. The van der Waals surface area contributed by atoms with Gasteiger partial charge in [0.15, 0.2) is 5.79 Å². The van der Waals surface area contributed by atoms with Gasteiger partial charge in [-0.2, -0.15) is 0 Å². The van der Waals surface area contributed by atoms with Crippen molar-refractivity contribution in [1.82, 2.24) is 4.90 Å². The summed E-state index contributed by atoms with van der Waals surface area (Å²) in [7, 11) is 0. The Hall–Kier alpha value is -0.810. The molecule has 2 saturated carbocycles. The Morgan fingerprint density at radius 3 is 2.05 bits per heavy atom. The zero-order valence-corrected chi connectivity index (χ0v) is 11.5. The number of primary amides is 1. The lowest BCUT2D eigenvalue weighted by molar-refractivity contribution is -0.183. The fraction of sp³-hybridized carbons (Fsp3) is 0.929. The number of carbonyl (C=O) groups is 1. The fourth-order valence-electron chi connectivity index (χ4n) is 3.95. The molecular formula is C14H24N2O3. The smallest absolute Gasteiger partial charge is 0.315 e. The summed E-state index contributed by atoms with van der Waals surface area (Å²) in [6.45, 7) is 1.40. The number of carbonyl (C=O) groups excluding carboxylic acids is 1. The van der Waals surface area contributed by atoms with E-state index in [9.17, 15) is 4.79 Å². The summed E-state index contributed by atoms with van der Waals surface area (Å²) in [5, 5.41) is 0. The van der Waals surface area contributed by atoms with Gasteiger partial charge in [0.05, 0.1) is 13.2 Å². The molecule has 0 aromatic carbocycles. The molecule has 19 heavy (non-hydrogen) atoms. The highest BCUT2D eigenvalue weighted by molar-refractivity contribution is 5.72. The summed E-state index contributed by atoms with van der Waals surface area (Å²) >= 11 is 0. The lowest BCUT2D eigenvalue weighted by atomic mass is 9.88. The molecule has 3 fully saturated rings. The molecule has 2 aliphatic carbocycles. The average molecular weight is 268 g/mol. The van der Waals surface area contributed by atoms with Crippen LogP contribution in [-0.4, -0.2) is 42.0 Å². The monoisotopic (exact) mass is 268 g/mol. The van der Waals surface area contributed by atoms with Crippen molar-refractivity contribution in [2.24, 2.45) is 5.73 Å². The minimum Gasteiger partial charge on any atom is -0.351 e. The van der Waals surface area contributed by atoms with Crippen molar-refractivity contribution >= 4 is 6.03 Å². The second kappa shape index (κ2) is 5.29. The van der Waals surface area contributed by atoms with Gasteiger partial charge in [0.1, 0.15) is 0 Å². The minimum absolute atomic E-state index is 0.249. The van der Waals surface area contributed by atoms with E-state index in [0.717, 1.165) is 38.5 Å². The summed E-state index contributed by atoms with van der Waals surface area (Å²) < 4.78 is 11.5. The van der Waals surface area contributed by atoms with Crippen molar-refractivity contribution in [3.63, 3.8) is 0 Å². The van der Waals surface area contributed by atoms with Crippen molar-refractivity contribution in [3.05, 3.63) is 0 Å². The van der Waals surface area contributed by atoms with Crippen LogP contribution in [-0.2, 0) is 9.47 Å². The van der Waals surface area contributed by atoms with E-state index >= 15 is 0 Å². The lowest BCUT2D eigenvalue weighted by Gasteiger charge is -2.42. The van der Waals surface area contributed by atoms with Gasteiger partial charge in [-0.25, -0.2) is 4.79 Å². The largest absolute Gasteiger partial charge is 0.351 e. The van der Waals surface area contributed by atoms with E-state index in [1.165, 1.54) is 12.8 Å². The van der Waals surface area contributed by atoms with Crippen LogP contribution in [0.2, 0.25) is 0 Å². The van der Waals surface area contributed by atoms with E-state index in [2.05, 4.69) is 0 Å². The molecule has 2 N–H and O–H groups in total. The van der Waals surface area contributed by atoms with Crippen molar-refractivity contribution in [1.29, 1.82) is 0 Å². The fourth-order valence-corrected chi connectivity index (χ4v) is 3.95. The molecule has 2 amide bonds. The second-order valence-corrected chi connectivity index (χ2v) is 6.02. The number of nitrogens with zero attached hydrogens (tertiary/aromatic N) is 1. The molecule has 0 unspecified atom stereocenters. The summed E-state index contributed by atoms with van der Waals surface area (Å²) in [5.74, 6) is -0.352. The Kier molecular flexibility index (Phi) is 3.67. The van der Waals surface area contributed by atoms with Crippen LogP contribution in [0.4, 0.5) is 4.79 Å². The molecule has 0 bridgehead atoms. The Bertz CT molecular complexity index is 326. The molecule has 108 valence electrons. The van der Waals surface area contributed by atoms with Crippen LogP contribution in [0, 0.1) is 0 Å². The van der Waals surface area contributed by atoms with Gasteiger partial charge in [-0.15, -0.1) is 0 Å². The number of hydrogen-bond acceptors (Lipinski definition) is 3. The Morgan fingerprint density at radius 1 is 1.00 bits per heavy atom. The number of rotatable bonds is 2. The third-order valence-electron chi connectivity index (χ3n) is 4.90. The van der Waals surface area contributed by atoms with Crippen LogP contribution in [0.5, 0.6) is 0 Å². The number of urea groups is 1. The molecule has 1 saturated heterocycles. The van der Waals surface area contributed by atoms with E-state index < -0.39 is 0 Å². The maximum atomic E-state index is 11.8. The Labute approximate surface area is 114 Å².